The summed E-state index contributed by atoms with van der Waals surface area (Å²) in [6.45, 7) is 4.60. The third-order valence-electron chi connectivity index (χ3n) is 3.30. The standard InChI is InChI=1S/C13H18S/c1-13(2,14-3)12-8-7-10-5-4-6-11(10)9-12/h7-9H,4-6H2,1-3H3. The molecule has 1 heteroatoms. The van der Waals surface area contributed by atoms with Crippen molar-refractivity contribution in [3.8, 4) is 0 Å². The van der Waals surface area contributed by atoms with Crippen molar-refractivity contribution in [2.24, 2.45) is 0 Å². The van der Waals surface area contributed by atoms with Crippen LogP contribution in [-0.2, 0) is 17.6 Å². The number of benzene rings is 1. The lowest BCUT2D eigenvalue weighted by molar-refractivity contribution is 0.783. The summed E-state index contributed by atoms with van der Waals surface area (Å²) >= 11 is 1.93. The minimum atomic E-state index is 0.262. The highest BCUT2D eigenvalue weighted by molar-refractivity contribution is 7.99. The number of hydrogen-bond donors (Lipinski definition) is 0. The van der Waals surface area contributed by atoms with Gasteiger partial charge in [0.2, 0.25) is 0 Å². The zero-order chi connectivity index (χ0) is 10.2. The van der Waals surface area contributed by atoms with Crippen LogP contribution in [0.15, 0.2) is 18.2 Å². The molecule has 1 aromatic carbocycles. The second kappa shape index (κ2) is 3.62. The van der Waals surface area contributed by atoms with E-state index in [0.717, 1.165) is 0 Å². The molecule has 0 atom stereocenters. The van der Waals surface area contributed by atoms with E-state index in [9.17, 15) is 0 Å². The summed E-state index contributed by atoms with van der Waals surface area (Å²) < 4.78 is 0.262. The molecule has 0 saturated heterocycles. The average molecular weight is 206 g/mol. The van der Waals surface area contributed by atoms with Crippen LogP contribution < -0.4 is 0 Å². The van der Waals surface area contributed by atoms with Gasteiger partial charge < -0.3 is 0 Å². The van der Waals surface area contributed by atoms with Crippen molar-refractivity contribution in [3.63, 3.8) is 0 Å². The molecular weight excluding hydrogens is 188 g/mol. The quantitative estimate of drug-likeness (QED) is 0.709. The molecule has 1 aliphatic rings. The normalized spacial score (nSPS) is 15.6. The van der Waals surface area contributed by atoms with E-state index >= 15 is 0 Å². The molecule has 0 N–H and O–H groups in total. The second-order valence-corrected chi connectivity index (χ2v) is 5.98. The summed E-state index contributed by atoms with van der Waals surface area (Å²) in [5.41, 5.74) is 4.64. The summed E-state index contributed by atoms with van der Waals surface area (Å²) in [6.07, 6.45) is 6.11. The summed E-state index contributed by atoms with van der Waals surface area (Å²) in [4.78, 5) is 0. The Balaban J connectivity index is 2.38. The van der Waals surface area contributed by atoms with Gasteiger partial charge in [0.25, 0.3) is 0 Å². The first kappa shape index (κ1) is 10.1. The predicted molar refractivity (Wildman–Crippen MR) is 65.0 cm³/mol. The highest BCUT2D eigenvalue weighted by atomic mass is 32.2. The van der Waals surface area contributed by atoms with Gasteiger partial charge in [0, 0.05) is 4.75 Å². The lowest BCUT2D eigenvalue weighted by atomic mass is 9.98. The molecular formula is C13H18S. The largest absolute Gasteiger partial charge is 0.154 e. The van der Waals surface area contributed by atoms with E-state index in [1.807, 2.05) is 11.8 Å². The first-order chi connectivity index (χ1) is 6.63. The summed E-state index contributed by atoms with van der Waals surface area (Å²) in [5.74, 6) is 0. The summed E-state index contributed by atoms with van der Waals surface area (Å²) in [6, 6.07) is 7.05. The number of rotatable bonds is 2. The van der Waals surface area contributed by atoms with Crippen LogP contribution in [0.1, 0.15) is 37.0 Å². The van der Waals surface area contributed by atoms with E-state index in [4.69, 9.17) is 0 Å². The zero-order valence-electron chi connectivity index (χ0n) is 9.26. The van der Waals surface area contributed by atoms with Crippen molar-refractivity contribution < 1.29 is 0 Å². The van der Waals surface area contributed by atoms with Crippen molar-refractivity contribution in [2.75, 3.05) is 6.26 Å². The van der Waals surface area contributed by atoms with Gasteiger partial charge in [-0.1, -0.05) is 18.2 Å². The van der Waals surface area contributed by atoms with Crippen LogP contribution in [0.5, 0.6) is 0 Å². The first-order valence-electron chi connectivity index (χ1n) is 5.31. The molecule has 0 spiro atoms. The van der Waals surface area contributed by atoms with Crippen molar-refractivity contribution in [2.45, 2.75) is 37.9 Å². The van der Waals surface area contributed by atoms with Crippen molar-refractivity contribution in [1.82, 2.24) is 0 Å². The fourth-order valence-electron chi connectivity index (χ4n) is 2.06. The SMILES string of the molecule is CSC(C)(C)c1ccc2c(c1)CCC2. The van der Waals surface area contributed by atoms with E-state index in [1.54, 1.807) is 11.1 Å². The number of thioether (sulfide) groups is 1. The maximum atomic E-state index is 2.42. The Bertz CT molecular complexity index is 339. The topological polar surface area (TPSA) is 0 Å². The number of fused-ring (bicyclic) bond motifs is 1. The van der Waals surface area contributed by atoms with E-state index in [2.05, 4.69) is 38.3 Å². The van der Waals surface area contributed by atoms with Gasteiger partial charge in [0.15, 0.2) is 0 Å². The van der Waals surface area contributed by atoms with Gasteiger partial charge in [-0.25, -0.2) is 0 Å². The lowest BCUT2D eigenvalue weighted by Gasteiger charge is -2.23. The van der Waals surface area contributed by atoms with Crippen LogP contribution in [0.2, 0.25) is 0 Å². The molecule has 1 aromatic rings. The highest BCUT2D eigenvalue weighted by Gasteiger charge is 2.21. The molecule has 0 fully saturated rings. The predicted octanol–water partition coefficient (Wildman–Crippen LogP) is 3.77. The van der Waals surface area contributed by atoms with E-state index < -0.39 is 0 Å². The van der Waals surface area contributed by atoms with Gasteiger partial charge in [-0.15, -0.1) is 0 Å². The molecule has 0 bridgehead atoms. The molecule has 0 saturated carbocycles. The number of hydrogen-bond acceptors (Lipinski definition) is 1. The van der Waals surface area contributed by atoms with Crippen molar-refractivity contribution in [3.05, 3.63) is 34.9 Å². The van der Waals surface area contributed by atoms with Gasteiger partial charge in [0.1, 0.15) is 0 Å². The van der Waals surface area contributed by atoms with Crippen molar-refractivity contribution in [1.29, 1.82) is 0 Å². The maximum absolute atomic E-state index is 2.42. The van der Waals surface area contributed by atoms with E-state index in [1.165, 1.54) is 24.8 Å². The zero-order valence-corrected chi connectivity index (χ0v) is 10.1. The second-order valence-electron chi connectivity index (χ2n) is 4.55. The molecule has 2 rings (SSSR count). The monoisotopic (exact) mass is 206 g/mol. The molecule has 0 heterocycles. The summed E-state index contributed by atoms with van der Waals surface area (Å²) in [7, 11) is 0. The molecule has 0 aliphatic heterocycles. The number of aryl methyl sites for hydroxylation is 2. The molecule has 1 aliphatic carbocycles. The Morgan fingerprint density at radius 1 is 1.14 bits per heavy atom. The van der Waals surface area contributed by atoms with Gasteiger partial charge in [-0.2, -0.15) is 11.8 Å². The third kappa shape index (κ3) is 1.70. The van der Waals surface area contributed by atoms with Gasteiger partial charge in [-0.05, 0) is 56.1 Å². The smallest absolute Gasteiger partial charge is 0.0349 e. The molecule has 0 nitrogen and oxygen atoms in total. The Hall–Kier alpha value is -0.430. The van der Waals surface area contributed by atoms with Crippen LogP contribution in [0.3, 0.4) is 0 Å². The fourth-order valence-corrected chi connectivity index (χ4v) is 2.43. The minimum absolute atomic E-state index is 0.262. The summed E-state index contributed by atoms with van der Waals surface area (Å²) in [5, 5.41) is 0. The Kier molecular flexibility index (Phi) is 2.61. The third-order valence-corrected chi connectivity index (χ3v) is 4.56. The molecule has 0 aromatic heterocycles. The molecule has 76 valence electrons. The van der Waals surface area contributed by atoms with Gasteiger partial charge >= 0.3 is 0 Å². The lowest BCUT2D eigenvalue weighted by Crippen LogP contribution is -2.11. The van der Waals surface area contributed by atoms with Crippen LogP contribution >= 0.6 is 11.8 Å². The highest BCUT2D eigenvalue weighted by Crippen LogP contribution is 2.35. The van der Waals surface area contributed by atoms with E-state index in [-0.39, 0.29) is 4.75 Å². The van der Waals surface area contributed by atoms with Crippen LogP contribution in [-0.4, -0.2) is 6.26 Å². The molecule has 14 heavy (non-hydrogen) atoms. The molecule has 0 amide bonds. The Morgan fingerprint density at radius 2 is 1.86 bits per heavy atom. The first-order valence-corrected chi connectivity index (χ1v) is 6.53. The average Bonchev–Trinajstić information content (AvgIpc) is 2.64. The van der Waals surface area contributed by atoms with Crippen LogP contribution in [0.25, 0.3) is 0 Å². The van der Waals surface area contributed by atoms with Gasteiger partial charge in [0.05, 0.1) is 0 Å². The van der Waals surface area contributed by atoms with Gasteiger partial charge in [-0.3, -0.25) is 0 Å². The maximum Gasteiger partial charge on any atom is 0.0349 e. The van der Waals surface area contributed by atoms with E-state index in [0.29, 0.717) is 0 Å². The fraction of sp³-hybridized carbons (Fsp3) is 0.538. The Labute approximate surface area is 91.1 Å². The molecule has 0 unspecified atom stereocenters. The molecule has 0 radical (unpaired) electrons. The van der Waals surface area contributed by atoms with Crippen LogP contribution in [0, 0.1) is 0 Å². The van der Waals surface area contributed by atoms with Crippen LogP contribution in [0.4, 0.5) is 0 Å². The minimum Gasteiger partial charge on any atom is -0.154 e. The Morgan fingerprint density at radius 3 is 2.57 bits per heavy atom. The van der Waals surface area contributed by atoms with Crippen molar-refractivity contribution >= 4 is 11.8 Å².